The summed E-state index contributed by atoms with van der Waals surface area (Å²) >= 11 is 1.68. The number of nitrogens with one attached hydrogen (secondary N) is 1. The molecule has 1 atom stereocenters. The van der Waals surface area contributed by atoms with Gasteiger partial charge in [-0.3, -0.25) is 4.79 Å². The van der Waals surface area contributed by atoms with Gasteiger partial charge >= 0.3 is 0 Å². The fourth-order valence-corrected chi connectivity index (χ4v) is 2.44. The van der Waals surface area contributed by atoms with Crippen molar-refractivity contribution in [3.05, 3.63) is 22.4 Å². The zero-order chi connectivity index (χ0) is 12.5. The van der Waals surface area contributed by atoms with Crippen LogP contribution in [0, 0.1) is 0 Å². The maximum atomic E-state index is 11.7. The van der Waals surface area contributed by atoms with Crippen LogP contribution in [0.3, 0.4) is 0 Å². The van der Waals surface area contributed by atoms with E-state index in [4.69, 9.17) is 5.73 Å². The highest BCUT2D eigenvalue weighted by Gasteiger charge is 2.09. The normalized spacial score (nSPS) is 12.4. The molecule has 0 aliphatic heterocycles. The highest BCUT2D eigenvalue weighted by atomic mass is 32.1. The van der Waals surface area contributed by atoms with Crippen molar-refractivity contribution in [2.75, 3.05) is 6.54 Å². The molecule has 0 fully saturated rings. The van der Waals surface area contributed by atoms with E-state index in [1.165, 1.54) is 4.88 Å². The number of rotatable bonds is 8. The predicted octanol–water partition coefficient (Wildman–Crippen LogP) is 2.83. The quantitative estimate of drug-likeness (QED) is 0.701. The first-order valence-electron chi connectivity index (χ1n) is 6.27. The summed E-state index contributed by atoms with van der Waals surface area (Å²) < 4.78 is 0. The van der Waals surface area contributed by atoms with Gasteiger partial charge in [0.25, 0.3) is 0 Å². The largest absolute Gasteiger partial charge is 0.349 e. The Kier molecular flexibility index (Phi) is 6.89. The second kappa shape index (κ2) is 8.25. The molecule has 3 N–H and O–H groups in total. The number of nitrogens with two attached hydrogens (primary N) is 1. The van der Waals surface area contributed by atoms with Crippen molar-refractivity contribution in [2.24, 2.45) is 5.73 Å². The number of amides is 1. The van der Waals surface area contributed by atoms with E-state index < -0.39 is 0 Å². The number of hydrogen-bond acceptors (Lipinski definition) is 3. The molecule has 0 radical (unpaired) electrons. The Morgan fingerprint density at radius 3 is 2.82 bits per heavy atom. The summed E-state index contributed by atoms with van der Waals surface area (Å²) in [6.45, 7) is 2.78. The third-order valence-electron chi connectivity index (χ3n) is 2.71. The topological polar surface area (TPSA) is 55.1 Å². The van der Waals surface area contributed by atoms with Gasteiger partial charge in [-0.25, -0.2) is 0 Å². The first-order valence-corrected chi connectivity index (χ1v) is 7.15. The van der Waals surface area contributed by atoms with E-state index in [2.05, 4.69) is 11.4 Å². The second-order valence-corrected chi connectivity index (χ2v) is 5.24. The summed E-state index contributed by atoms with van der Waals surface area (Å²) in [6.07, 6.45) is 4.87. The Balaban J connectivity index is 2.12. The number of thiophene rings is 1. The molecule has 17 heavy (non-hydrogen) atoms. The molecule has 0 aromatic carbocycles. The summed E-state index contributed by atoms with van der Waals surface area (Å²) in [5.74, 6) is 0.152. The molecule has 0 unspecified atom stereocenters. The molecule has 1 rings (SSSR count). The van der Waals surface area contributed by atoms with Crippen molar-refractivity contribution in [2.45, 2.75) is 45.1 Å². The van der Waals surface area contributed by atoms with Crippen molar-refractivity contribution < 1.29 is 4.79 Å². The lowest BCUT2D eigenvalue weighted by Crippen LogP contribution is -2.25. The number of carbonyl (C=O) groups is 1. The molecule has 1 aromatic heterocycles. The smallest absolute Gasteiger partial charge is 0.220 e. The van der Waals surface area contributed by atoms with Crippen molar-refractivity contribution in [1.29, 1.82) is 0 Å². The lowest BCUT2D eigenvalue weighted by molar-refractivity contribution is -0.121. The number of unbranched alkanes of at least 4 members (excludes halogenated alkanes) is 3. The van der Waals surface area contributed by atoms with Gasteiger partial charge in [0.1, 0.15) is 0 Å². The molecule has 1 heterocycles. The van der Waals surface area contributed by atoms with Crippen LogP contribution in [0.5, 0.6) is 0 Å². The molecule has 96 valence electrons. The van der Waals surface area contributed by atoms with Crippen LogP contribution in [0.15, 0.2) is 17.5 Å². The van der Waals surface area contributed by atoms with Crippen LogP contribution >= 0.6 is 11.3 Å². The minimum Gasteiger partial charge on any atom is -0.349 e. The molecule has 4 heteroatoms. The maximum absolute atomic E-state index is 11.7. The summed E-state index contributed by atoms with van der Waals surface area (Å²) in [5, 5.41) is 5.05. The maximum Gasteiger partial charge on any atom is 0.220 e. The summed E-state index contributed by atoms with van der Waals surface area (Å²) in [4.78, 5) is 12.9. The van der Waals surface area contributed by atoms with Crippen LogP contribution < -0.4 is 11.1 Å². The second-order valence-electron chi connectivity index (χ2n) is 4.26. The molecule has 0 aliphatic rings. The van der Waals surface area contributed by atoms with E-state index in [-0.39, 0.29) is 11.9 Å². The Morgan fingerprint density at radius 2 is 2.18 bits per heavy atom. The van der Waals surface area contributed by atoms with Crippen LogP contribution in [0.1, 0.15) is 49.9 Å². The average molecular weight is 254 g/mol. The van der Waals surface area contributed by atoms with Gasteiger partial charge in [-0.05, 0) is 37.8 Å². The lowest BCUT2D eigenvalue weighted by atomic mass is 10.1. The van der Waals surface area contributed by atoms with E-state index in [9.17, 15) is 4.79 Å². The van der Waals surface area contributed by atoms with Gasteiger partial charge in [-0.15, -0.1) is 11.3 Å². The third kappa shape index (κ3) is 5.84. The zero-order valence-corrected chi connectivity index (χ0v) is 11.3. The van der Waals surface area contributed by atoms with Gasteiger partial charge in [-0.1, -0.05) is 18.9 Å². The molecule has 1 aromatic rings. The highest BCUT2D eigenvalue weighted by molar-refractivity contribution is 7.10. The Bertz CT molecular complexity index is 311. The number of carbonyl (C=O) groups excluding carboxylic acids is 1. The molecule has 3 nitrogen and oxygen atoms in total. The van der Waals surface area contributed by atoms with Crippen molar-refractivity contribution in [3.63, 3.8) is 0 Å². The molecule has 0 bridgehead atoms. The number of hydrogen-bond donors (Lipinski definition) is 2. The van der Waals surface area contributed by atoms with E-state index in [1.807, 2.05) is 18.4 Å². The summed E-state index contributed by atoms with van der Waals surface area (Å²) in [7, 11) is 0. The third-order valence-corrected chi connectivity index (χ3v) is 3.76. The van der Waals surface area contributed by atoms with Crippen molar-refractivity contribution in [3.8, 4) is 0 Å². The molecular weight excluding hydrogens is 232 g/mol. The molecule has 0 spiro atoms. The predicted molar refractivity (Wildman–Crippen MR) is 73.0 cm³/mol. The zero-order valence-electron chi connectivity index (χ0n) is 10.4. The van der Waals surface area contributed by atoms with E-state index in [1.54, 1.807) is 11.3 Å². The fraction of sp³-hybridized carbons (Fsp3) is 0.615. The fourth-order valence-electron chi connectivity index (χ4n) is 1.71. The van der Waals surface area contributed by atoms with E-state index >= 15 is 0 Å². The molecule has 0 aliphatic carbocycles. The molecule has 0 saturated heterocycles. The first-order chi connectivity index (χ1) is 8.24. The van der Waals surface area contributed by atoms with E-state index in [0.29, 0.717) is 6.42 Å². The minimum absolute atomic E-state index is 0.131. The van der Waals surface area contributed by atoms with Crippen LogP contribution in [-0.2, 0) is 4.79 Å². The van der Waals surface area contributed by atoms with Gasteiger partial charge < -0.3 is 11.1 Å². The van der Waals surface area contributed by atoms with Crippen LogP contribution in [0.25, 0.3) is 0 Å². The minimum atomic E-state index is 0.131. The van der Waals surface area contributed by atoms with Gasteiger partial charge in [0.2, 0.25) is 5.91 Å². The SMILES string of the molecule is C[C@@H](NC(=O)CCCCCCN)c1cccs1. The summed E-state index contributed by atoms with van der Waals surface area (Å²) in [5.41, 5.74) is 5.41. The van der Waals surface area contributed by atoms with Gasteiger partial charge in [0, 0.05) is 11.3 Å². The average Bonchev–Trinajstić information content (AvgIpc) is 2.82. The monoisotopic (exact) mass is 254 g/mol. The standard InChI is InChI=1S/C13H22N2OS/c1-11(12-7-6-10-17-12)15-13(16)8-4-2-3-5-9-14/h6-7,10-11H,2-5,8-9,14H2,1H3,(H,15,16)/t11-/m1/s1. The first kappa shape index (κ1) is 14.2. The molecule has 0 saturated carbocycles. The lowest BCUT2D eigenvalue weighted by Gasteiger charge is -2.11. The van der Waals surface area contributed by atoms with Crippen LogP contribution in [0.2, 0.25) is 0 Å². The van der Waals surface area contributed by atoms with Gasteiger partial charge in [-0.2, -0.15) is 0 Å². The van der Waals surface area contributed by atoms with Crippen molar-refractivity contribution in [1.82, 2.24) is 5.32 Å². The Morgan fingerprint density at radius 1 is 1.41 bits per heavy atom. The highest BCUT2D eigenvalue weighted by Crippen LogP contribution is 2.18. The van der Waals surface area contributed by atoms with E-state index in [0.717, 1.165) is 32.2 Å². The van der Waals surface area contributed by atoms with Crippen molar-refractivity contribution >= 4 is 17.2 Å². The molecule has 1 amide bonds. The van der Waals surface area contributed by atoms with Gasteiger partial charge in [0.15, 0.2) is 0 Å². The Labute approximate surface area is 107 Å². The van der Waals surface area contributed by atoms with Crippen LogP contribution in [0.4, 0.5) is 0 Å². The Hall–Kier alpha value is -0.870. The molecular formula is C13H22N2OS. The summed E-state index contributed by atoms with van der Waals surface area (Å²) in [6, 6.07) is 4.19. The van der Waals surface area contributed by atoms with Gasteiger partial charge in [0.05, 0.1) is 6.04 Å². The van der Waals surface area contributed by atoms with Crippen LogP contribution in [-0.4, -0.2) is 12.5 Å².